The van der Waals surface area contributed by atoms with Crippen molar-refractivity contribution in [3.63, 3.8) is 0 Å². The fraction of sp³-hybridized carbons (Fsp3) is 0.900. The summed E-state index contributed by atoms with van der Waals surface area (Å²) < 4.78 is 0. The lowest BCUT2D eigenvalue weighted by atomic mass is 10.1. The first kappa shape index (κ1) is 11.3. The lowest BCUT2D eigenvalue weighted by Crippen LogP contribution is -2.56. The Hall–Kier alpha value is -0.770. The number of carbonyl (C=O) groups excluding carboxylic acids is 1. The molecule has 0 radical (unpaired) electrons. The number of urea groups is 1. The molecule has 0 aromatic rings. The van der Waals surface area contributed by atoms with Gasteiger partial charge < -0.3 is 15.5 Å². The van der Waals surface area contributed by atoms with Gasteiger partial charge in [-0.25, -0.2) is 4.79 Å². The number of hydrogen-bond donors (Lipinski definition) is 2. The molecule has 14 heavy (non-hydrogen) atoms. The van der Waals surface area contributed by atoms with Crippen molar-refractivity contribution in [2.24, 2.45) is 0 Å². The SMILES string of the molecule is C[C@H]1CN(C(=O)NC(C)(C)C)CCN1. The Bertz CT molecular complexity index is 210. The molecule has 4 nitrogen and oxygen atoms in total. The fourth-order valence-electron chi connectivity index (χ4n) is 1.52. The van der Waals surface area contributed by atoms with Crippen LogP contribution in [0.15, 0.2) is 0 Å². The number of piperazine rings is 1. The molecular weight excluding hydrogens is 178 g/mol. The molecule has 1 saturated heterocycles. The summed E-state index contributed by atoms with van der Waals surface area (Å²) in [6.45, 7) is 10.6. The third-order valence-electron chi connectivity index (χ3n) is 2.14. The number of rotatable bonds is 0. The van der Waals surface area contributed by atoms with Crippen molar-refractivity contribution < 1.29 is 4.79 Å². The van der Waals surface area contributed by atoms with E-state index in [-0.39, 0.29) is 11.6 Å². The van der Waals surface area contributed by atoms with Gasteiger partial charge in [-0.3, -0.25) is 0 Å². The largest absolute Gasteiger partial charge is 0.333 e. The summed E-state index contributed by atoms with van der Waals surface area (Å²) in [5.74, 6) is 0. The Morgan fingerprint density at radius 2 is 2.14 bits per heavy atom. The molecule has 0 saturated carbocycles. The van der Waals surface area contributed by atoms with Crippen molar-refractivity contribution in [3.05, 3.63) is 0 Å². The second-order valence-electron chi connectivity index (χ2n) is 4.98. The molecule has 2 N–H and O–H groups in total. The molecule has 1 aliphatic heterocycles. The highest BCUT2D eigenvalue weighted by Crippen LogP contribution is 2.03. The van der Waals surface area contributed by atoms with Gasteiger partial charge in [-0.1, -0.05) is 0 Å². The molecular formula is C10H21N3O. The molecule has 0 aromatic carbocycles. The summed E-state index contributed by atoms with van der Waals surface area (Å²) in [6.07, 6.45) is 0. The van der Waals surface area contributed by atoms with Crippen molar-refractivity contribution >= 4 is 6.03 Å². The predicted molar refractivity (Wildman–Crippen MR) is 57.3 cm³/mol. The maximum absolute atomic E-state index is 11.7. The molecule has 0 bridgehead atoms. The summed E-state index contributed by atoms with van der Waals surface area (Å²) in [4.78, 5) is 13.6. The normalized spacial score (nSPS) is 23.4. The van der Waals surface area contributed by atoms with E-state index in [4.69, 9.17) is 0 Å². The molecule has 2 amide bonds. The molecule has 0 spiro atoms. The van der Waals surface area contributed by atoms with Gasteiger partial charge in [0.1, 0.15) is 0 Å². The fourth-order valence-corrected chi connectivity index (χ4v) is 1.52. The van der Waals surface area contributed by atoms with Crippen LogP contribution in [0.1, 0.15) is 27.7 Å². The van der Waals surface area contributed by atoms with E-state index < -0.39 is 0 Å². The molecule has 1 rings (SSSR count). The van der Waals surface area contributed by atoms with E-state index >= 15 is 0 Å². The van der Waals surface area contributed by atoms with Crippen molar-refractivity contribution in [1.29, 1.82) is 0 Å². The second-order valence-corrected chi connectivity index (χ2v) is 4.98. The third-order valence-corrected chi connectivity index (χ3v) is 2.14. The highest BCUT2D eigenvalue weighted by atomic mass is 16.2. The topological polar surface area (TPSA) is 44.4 Å². The molecule has 0 aromatic heterocycles. The van der Waals surface area contributed by atoms with Gasteiger partial charge in [0.05, 0.1) is 0 Å². The van der Waals surface area contributed by atoms with Gasteiger partial charge in [0.2, 0.25) is 0 Å². The Labute approximate surface area is 86.0 Å². The molecule has 1 aliphatic rings. The Morgan fingerprint density at radius 3 is 2.64 bits per heavy atom. The quantitative estimate of drug-likeness (QED) is 0.606. The van der Waals surface area contributed by atoms with E-state index in [1.807, 2.05) is 25.7 Å². The van der Waals surface area contributed by atoms with Crippen LogP contribution in [0.4, 0.5) is 4.79 Å². The maximum Gasteiger partial charge on any atom is 0.317 e. The Kier molecular flexibility index (Phi) is 3.37. The zero-order chi connectivity index (χ0) is 10.8. The van der Waals surface area contributed by atoms with E-state index in [0.717, 1.165) is 19.6 Å². The van der Waals surface area contributed by atoms with Gasteiger partial charge in [-0.15, -0.1) is 0 Å². The van der Waals surface area contributed by atoms with Gasteiger partial charge in [-0.05, 0) is 27.7 Å². The van der Waals surface area contributed by atoms with Crippen LogP contribution in [0.25, 0.3) is 0 Å². The van der Waals surface area contributed by atoms with Gasteiger partial charge in [0.25, 0.3) is 0 Å². The minimum Gasteiger partial charge on any atom is -0.333 e. The van der Waals surface area contributed by atoms with Gasteiger partial charge >= 0.3 is 6.03 Å². The number of hydrogen-bond acceptors (Lipinski definition) is 2. The molecule has 0 unspecified atom stereocenters. The van der Waals surface area contributed by atoms with E-state index in [9.17, 15) is 4.79 Å². The minimum atomic E-state index is -0.148. The van der Waals surface area contributed by atoms with Crippen LogP contribution in [0.5, 0.6) is 0 Å². The molecule has 4 heteroatoms. The molecule has 82 valence electrons. The monoisotopic (exact) mass is 199 g/mol. The van der Waals surface area contributed by atoms with Crippen molar-refractivity contribution in [1.82, 2.24) is 15.5 Å². The number of amides is 2. The molecule has 0 aliphatic carbocycles. The van der Waals surface area contributed by atoms with E-state index in [0.29, 0.717) is 6.04 Å². The van der Waals surface area contributed by atoms with Crippen LogP contribution >= 0.6 is 0 Å². The molecule has 1 fully saturated rings. The van der Waals surface area contributed by atoms with Crippen LogP contribution < -0.4 is 10.6 Å². The number of nitrogens with zero attached hydrogens (tertiary/aromatic N) is 1. The van der Waals surface area contributed by atoms with E-state index in [1.54, 1.807) is 0 Å². The predicted octanol–water partition coefficient (Wildman–Crippen LogP) is 0.788. The van der Waals surface area contributed by atoms with Crippen LogP contribution in [-0.4, -0.2) is 42.1 Å². The first-order valence-electron chi connectivity index (χ1n) is 5.19. The Morgan fingerprint density at radius 1 is 1.50 bits per heavy atom. The minimum absolute atomic E-state index is 0.0471. The zero-order valence-electron chi connectivity index (χ0n) is 9.55. The maximum atomic E-state index is 11.7. The highest BCUT2D eigenvalue weighted by molar-refractivity contribution is 5.75. The van der Waals surface area contributed by atoms with Gasteiger partial charge in [0, 0.05) is 31.2 Å². The van der Waals surface area contributed by atoms with Crippen molar-refractivity contribution in [3.8, 4) is 0 Å². The first-order valence-corrected chi connectivity index (χ1v) is 5.19. The average molecular weight is 199 g/mol. The number of nitrogens with one attached hydrogen (secondary N) is 2. The van der Waals surface area contributed by atoms with Crippen molar-refractivity contribution in [2.75, 3.05) is 19.6 Å². The van der Waals surface area contributed by atoms with Crippen LogP contribution in [0, 0.1) is 0 Å². The zero-order valence-corrected chi connectivity index (χ0v) is 9.55. The van der Waals surface area contributed by atoms with Gasteiger partial charge in [-0.2, -0.15) is 0 Å². The van der Waals surface area contributed by atoms with Crippen LogP contribution in [-0.2, 0) is 0 Å². The molecule has 1 heterocycles. The Balaban J connectivity index is 2.44. The molecule has 1 atom stereocenters. The second kappa shape index (κ2) is 4.17. The van der Waals surface area contributed by atoms with Gasteiger partial charge in [0.15, 0.2) is 0 Å². The number of carbonyl (C=O) groups is 1. The summed E-state index contributed by atoms with van der Waals surface area (Å²) in [5, 5.41) is 6.28. The smallest absolute Gasteiger partial charge is 0.317 e. The van der Waals surface area contributed by atoms with Crippen LogP contribution in [0.2, 0.25) is 0 Å². The lowest BCUT2D eigenvalue weighted by Gasteiger charge is -2.34. The van der Waals surface area contributed by atoms with E-state index in [1.165, 1.54) is 0 Å². The van der Waals surface area contributed by atoms with Crippen molar-refractivity contribution in [2.45, 2.75) is 39.3 Å². The van der Waals surface area contributed by atoms with Crippen LogP contribution in [0.3, 0.4) is 0 Å². The van der Waals surface area contributed by atoms with E-state index in [2.05, 4.69) is 17.6 Å². The third kappa shape index (κ3) is 3.54. The lowest BCUT2D eigenvalue weighted by molar-refractivity contribution is 0.171. The average Bonchev–Trinajstić information content (AvgIpc) is 2.01. The highest BCUT2D eigenvalue weighted by Gasteiger charge is 2.23. The summed E-state index contributed by atoms with van der Waals surface area (Å²) in [5.41, 5.74) is -0.148. The standard InChI is InChI=1S/C10H21N3O/c1-8-7-13(6-5-11-8)9(14)12-10(2,3)4/h8,11H,5-7H2,1-4H3,(H,12,14)/t8-/m0/s1. The summed E-state index contributed by atoms with van der Waals surface area (Å²) >= 11 is 0. The summed E-state index contributed by atoms with van der Waals surface area (Å²) in [7, 11) is 0. The summed E-state index contributed by atoms with van der Waals surface area (Å²) in [6, 6.07) is 0.445. The first-order chi connectivity index (χ1) is 6.38.